The fraction of sp³-hybridized carbons (Fsp3) is 0.833. The zero-order chi connectivity index (χ0) is 15.5. The summed E-state index contributed by atoms with van der Waals surface area (Å²) in [6.07, 6.45) is 13.8. The van der Waals surface area contributed by atoms with E-state index in [9.17, 15) is 0 Å². The number of hydrogen-bond donors (Lipinski definition) is 1. The average Bonchev–Trinajstić information content (AvgIpc) is 2.75. The van der Waals surface area contributed by atoms with E-state index in [1.807, 2.05) is 0 Å². The van der Waals surface area contributed by atoms with Crippen LogP contribution in [0.25, 0.3) is 0 Å². The van der Waals surface area contributed by atoms with E-state index in [2.05, 4.69) is 30.6 Å². The Bertz CT molecular complexity index is 382. The number of nitrogens with zero attached hydrogens (tertiary/aromatic N) is 2. The third-order valence-corrected chi connectivity index (χ3v) is 4.46. The summed E-state index contributed by atoms with van der Waals surface area (Å²) in [5.74, 6) is 0. The van der Waals surface area contributed by atoms with Crippen molar-refractivity contribution in [2.45, 2.75) is 98.1 Å². The smallest absolute Gasteiger partial charge is 0.0641 e. The molecule has 1 aromatic heterocycles. The summed E-state index contributed by atoms with van der Waals surface area (Å²) in [5, 5.41) is 4.59. The fourth-order valence-electron chi connectivity index (χ4n) is 3.00. The Morgan fingerprint density at radius 1 is 0.857 bits per heavy atom. The first-order valence-corrected chi connectivity index (χ1v) is 8.93. The summed E-state index contributed by atoms with van der Waals surface area (Å²) in [5.41, 5.74) is 9.34. The maximum atomic E-state index is 5.76. The Morgan fingerprint density at radius 2 is 1.38 bits per heavy atom. The zero-order valence-electron chi connectivity index (χ0n) is 14.5. The molecule has 0 atom stereocenters. The lowest BCUT2D eigenvalue weighted by atomic mass is 10.1. The third kappa shape index (κ3) is 6.64. The molecule has 0 amide bonds. The SMILES string of the molecule is CCCCCCCCCCCCn1nc(C)c(CN)c1C. The third-order valence-electron chi connectivity index (χ3n) is 4.46. The molecule has 3 nitrogen and oxygen atoms in total. The van der Waals surface area contributed by atoms with Gasteiger partial charge in [-0.15, -0.1) is 0 Å². The molecule has 0 aliphatic rings. The first kappa shape index (κ1) is 18.2. The van der Waals surface area contributed by atoms with E-state index in [0.717, 1.165) is 12.2 Å². The van der Waals surface area contributed by atoms with Crippen LogP contribution in [0, 0.1) is 13.8 Å². The van der Waals surface area contributed by atoms with Crippen LogP contribution in [0.3, 0.4) is 0 Å². The van der Waals surface area contributed by atoms with E-state index in [1.54, 1.807) is 0 Å². The van der Waals surface area contributed by atoms with Gasteiger partial charge in [0.2, 0.25) is 0 Å². The van der Waals surface area contributed by atoms with Gasteiger partial charge in [-0.1, -0.05) is 64.7 Å². The van der Waals surface area contributed by atoms with E-state index in [0.29, 0.717) is 6.54 Å². The van der Waals surface area contributed by atoms with E-state index in [1.165, 1.54) is 75.5 Å². The lowest BCUT2D eigenvalue weighted by Crippen LogP contribution is -2.04. The molecule has 2 N–H and O–H groups in total. The van der Waals surface area contributed by atoms with Crippen LogP contribution in [0.4, 0.5) is 0 Å². The molecule has 0 radical (unpaired) electrons. The summed E-state index contributed by atoms with van der Waals surface area (Å²) in [4.78, 5) is 0. The van der Waals surface area contributed by atoms with E-state index in [-0.39, 0.29) is 0 Å². The van der Waals surface area contributed by atoms with Gasteiger partial charge >= 0.3 is 0 Å². The Kier molecular flexibility index (Phi) is 9.40. The summed E-state index contributed by atoms with van der Waals surface area (Å²) in [6, 6.07) is 0. The molecule has 0 fully saturated rings. The Labute approximate surface area is 131 Å². The molecule has 1 aromatic rings. The Hall–Kier alpha value is -0.830. The topological polar surface area (TPSA) is 43.8 Å². The number of rotatable bonds is 12. The molecule has 122 valence electrons. The number of aryl methyl sites for hydroxylation is 2. The zero-order valence-corrected chi connectivity index (χ0v) is 14.5. The van der Waals surface area contributed by atoms with E-state index >= 15 is 0 Å². The Balaban J connectivity index is 2.04. The van der Waals surface area contributed by atoms with Crippen molar-refractivity contribution in [3.63, 3.8) is 0 Å². The minimum absolute atomic E-state index is 0.607. The highest BCUT2D eigenvalue weighted by atomic mass is 15.3. The van der Waals surface area contributed by atoms with Gasteiger partial charge in [-0.3, -0.25) is 4.68 Å². The van der Waals surface area contributed by atoms with Crippen LogP contribution in [0.1, 0.15) is 88.1 Å². The Morgan fingerprint density at radius 3 is 1.86 bits per heavy atom. The van der Waals surface area contributed by atoms with Crippen LogP contribution >= 0.6 is 0 Å². The predicted molar refractivity (Wildman–Crippen MR) is 91.4 cm³/mol. The normalized spacial score (nSPS) is 11.2. The highest BCUT2D eigenvalue weighted by Crippen LogP contribution is 2.14. The molecular formula is C18H35N3. The summed E-state index contributed by atoms with van der Waals surface area (Å²) < 4.78 is 2.14. The second-order valence-electron chi connectivity index (χ2n) is 6.26. The minimum Gasteiger partial charge on any atom is -0.326 e. The standard InChI is InChI=1S/C18H35N3/c1-4-5-6-7-8-9-10-11-12-13-14-21-17(3)18(15-19)16(2)20-21/h4-15,19H2,1-3H3. The van der Waals surface area contributed by atoms with Crippen molar-refractivity contribution >= 4 is 0 Å². The number of hydrogen-bond acceptors (Lipinski definition) is 2. The van der Waals surface area contributed by atoms with Gasteiger partial charge in [-0.25, -0.2) is 0 Å². The van der Waals surface area contributed by atoms with Gasteiger partial charge in [0.05, 0.1) is 5.69 Å². The molecule has 1 rings (SSSR count). The van der Waals surface area contributed by atoms with E-state index in [4.69, 9.17) is 5.73 Å². The first-order chi connectivity index (χ1) is 10.2. The number of unbranched alkanes of at least 4 members (excludes halogenated alkanes) is 9. The van der Waals surface area contributed by atoms with Crippen LogP contribution in [0.15, 0.2) is 0 Å². The highest BCUT2D eigenvalue weighted by Gasteiger charge is 2.08. The second-order valence-corrected chi connectivity index (χ2v) is 6.26. The average molecular weight is 293 g/mol. The van der Waals surface area contributed by atoms with Crippen molar-refractivity contribution in [3.05, 3.63) is 17.0 Å². The monoisotopic (exact) mass is 293 g/mol. The lowest BCUT2D eigenvalue weighted by molar-refractivity contribution is 0.508. The highest BCUT2D eigenvalue weighted by molar-refractivity contribution is 5.23. The van der Waals surface area contributed by atoms with Crippen molar-refractivity contribution in [1.82, 2.24) is 9.78 Å². The molecule has 0 aromatic carbocycles. The second kappa shape index (κ2) is 10.8. The quantitative estimate of drug-likeness (QED) is 0.558. The molecule has 1 heterocycles. The molecule has 0 saturated heterocycles. The maximum absolute atomic E-state index is 5.76. The van der Waals surface area contributed by atoms with E-state index < -0.39 is 0 Å². The van der Waals surface area contributed by atoms with Crippen LogP contribution < -0.4 is 5.73 Å². The van der Waals surface area contributed by atoms with Crippen LogP contribution in [-0.2, 0) is 13.1 Å². The molecule has 0 spiro atoms. The van der Waals surface area contributed by atoms with Crippen LogP contribution in [0.5, 0.6) is 0 Å². The minimum atomic E-state index is 0.607. The van der Waals surface area contributed by atoms with Crippen molar-refractivity contribution < 1.29 is 0 Å². The lowest BCUT2D eigenvalue weighted by Gasteiger charge is -2.05. The van der Waals surface area contributed by atoms with Crippen molar-refractivity contribution in [3.8, 4) is 0 Å². The molecule has 0 unspecified atom stereocenters. The fourth-order valence-corrected chi connectivity index (χ4v) is 3.00. The van der Waals surface area contributed by atoms with Crippen LogP contribution in [-0.4, -0.2) is 9.78 Å². The molecule has 0 saturated carbocycles. The van der Waals surface area contributed by atoms with Crippen molar-refractivity contribution in [1.29, 1.82) is 0 Å². The van der Waals surface area contributed by atoms with Gasteiger partial charge in [-0.05, 0) is 20.3 Å². The van der Waals surface area contributed by atoms with Gasteiger partial charge in [0.15, 0.2) is 0 Å². The molecular weight excluding hydrogens is 258 g/mol. The van der Waals surface area contributed by atoms with Gasteiger partial charge in [0, 0.05) is 24.3 Å². The molecule has 0 aliphatic heterocycles. The summed E-state index contributed by atoms with van der Waals surface area (Å²) in [7, 11) is 0. The molecule has 3 heteroatoms. The first-order valence-electron chi connectivity index (χ1n) is 8.93. The summed E-state index contributed by atoms with van der Waals surface area (Å²) in [6.45, 7) is 8.13. The summed E-state index contributed by atoms with van der Waals surface area (Å²) >= 11 is 0. The number of aromatic nitrogens is 2. The predicted octanol–water partition coefficient (Wildman–Crippen LogP) is 4.88. The molecule has 0 aliphatic carbocycles. The number of nitrogens with two attached hydrogens (primary N) is 1. The molecule has 0 bridgehead atoms. The van der Waals surface area contributed by atoms with Gasteiger partial charge in [0.1, 0.15) is 0 Å². The van der Waals surface area contributed by atoms with Gasteiger partial charge in [-0.2, -0.15) is 5.10 Å². The van der Waals surface area contributed by atoms with Crippen LogP contribution in [0.2, 0.25) is 0 Å². The molecule has 21 heavy (non-hydrogen) atoms. The maximum Gasteiger partial charge on any atom is 0.0641 e. The van der Waals surface area contributed by atoms with Crippen molar-refractivity contribution in [2.24, 2.45) is 5.73 Å². The van der Waals surface area contributed by atoms with Crippen molar-refractivity contribution in [2.75, 3.05) is 0 Å². The van der Waals surface area contributed by atoms with Gasteiger partial charge in [0.25, 0.3) is 0 Å². The van der Waals surface area contributed by atoms with Gasteiger partial charge < -0.3 is 5.73 Å². The largest absolute Gasteiger partial charge is 0.326 e.